The third kappa shape index (κ3) is 2.52. The van der Waals surface area contributed by atoms with Gasteiger partial charge in [0.25, 0.3) is 0 Å². The average molecular weight is 212 g/mol. The van der Waals surface area contributed by atoms with E-state index in [2.05, 4.69) is 24.1 Å². The van der Waals surface area contributed by atoms with Gasteiger partial charge in [-0.1, -0.05) is 6.92 Å². The van der Waals surface area contributed by atoms with Crippen LogP contribution in [-0.2, 0) is 4.74 Å². The molecule has 3 nitrogen and oxygen atoms in total. The molecular formula is C12H24N2O. The third-order valence-corrected chi connectivity index (χ3v) is 3.93. The fraction of sp³-hybridized carbons (Fsp3) is 1.00. The van der Waals surface area contributed by atoms with E-state index in [-0.39, 0.29) is 0 Å². The predicted molar refractivity (Wildman–Crippen MR) is 62.0 cm³/mol. The predicted octanol–water partition coefficient (Wildman–Crippen LogP) is 0.953. The molecule has 0 saturated carbocycles. The number of hydrogen-bond donors (Lipinski definition) is 1. The van der Waals surface area contributed by atoms with Crippen LogP contribution >= 0.6 is 0 Å². The van der Waals surface area contributed by atoms with Crippen molar-refractivity contribution in [3.8, 4) is 0 Å². The monoisotopic (exact) mass is 212 g/mol. The van der Waals surface area contributed by atoms with E-state index < -0.39 is 0 Å². The van der Waals surface area contributed by atoms with Crippen LogP contribution in [0.5, 0.6) is 0 Å². The summed E-state index contributed by atoms with van der Waals surface area (Å²) >= 11 is 0. The van der Waals surface area contributed by atoms with Gasteiger partial charge in [0, 0.05) is 25.7 Å². The van der Waals surface area contributed by atoms with Crippen LogP contribution in [0.1, 0.15) is 20.3 Å². The highest BCUT2D eigenvalue weighted by Gasteiger charge is 2.41. The van der Waals surface area contributed by atoms with Gasteiger partial charge in [-0.25, -0.2) is 0 Å². The molecule has 3 heteroatoms. The van der Waals surface area contributed by atoms with Crippen LogP contribution in [0.4, 0.5) is 0 Å². The van der Waals surface area contributed by atoms with Crippen LogP contribution in [0.15, 0.2) is 0 Å². The Hall–Kier alpha value is -0.120. The van der Waals surface area contributed by atoms with Gasteiger partial charge in [-0.05, 0) is 38.3 Å². The average Bonchev–Trinajstić information content (AvgIpc) is 2.78. The molecule has 2 heterocycles. The van der Waals surface area contributed by atoms with E-state index in [1.165, 1.54) is 19.6 Å². The topological polar surface area (TPSA) is 24.5 Å². The fourth-order valence-corrected chi connectivity index (χ4v) is 2.98. The van der Waals surface area contributed by atoms with E-state index in [4.69, 9.17) is 4.74 Å². The van der Waals surface area contributed by atoms with Crippen molar-refractivity contribution < 1.29 is 4.74 Å². The van der Waals surface area contributed by atoms with Gasteiger partial charge in [0.15, 0.2) is 0 Å². The van der Waals surface area contributed by atoms with Crippen LogP contribution in [0.25, 0.3) is 0 Å². The lowest BCUT2D eigenvalue weighted by Gasteiger charge is -2.23. The number of nitrogens with zero attached hydrogens (tertiary/aromatic N) is 1. The Morgan fingerprint density at radius 1 is 1.33 bits per heavy atom. The molecule has 88 valence electrons. The Morgan fingerprint density at radius 3 is 2.93 bits per heavy atom. The van der Waals surface area contributed by atoms with E-state index in [1.54, 1.807) is 0 Å². The number of rotatable bonds is 5. The van der Waals surface area contributed by atoms with Gasteiger partial charge in [0.2, 0.25) is 0 Å². The molecule has 2 aliphatic rings. The maximum atomic E-state index is 5.56. The molecule has 15 heavy (non-hydrogen) atoms. The van der Waals surface area contributed by atoms with Crippen molar-refractivity contribution in [3.63, 3.8) is 0 Å². The Morgan fingerprint density at radius 2 is 2.20 bits per heavy atom. The second-order valence-corrected chi connectivity index (χ2v) is 4.93. The van der Waals surface area contributed by atoms with Crippen LogP contribution < -0.4 is 5.32 Å². The minimum Gasteiger partial charge on any atom is -0.380 e. The smallest absolute Gasteiger partial charge is 0.0593 e. The summed E-state index contributed by atoms with van der Waals surface area (Å²) in [7, 11) is 0. The summed E-state index contributed by atoms with van der Waals surface area (Å²) < 4.78 is 5.56. The number of likely N-dealkylation sites (tertiary alicyclic amines) is 1. The minimum absolute atomic E-state index is 0.746. The zero-order chi connectivity index (χ0) is 10.7. The molecule has 0 radical (unpaired) electrons. The molecule has 0 spiro atoms. The van der Waals surface area contributed by atoms with Crippen molar-refractivity contribution in [1.82, 2.24) is 10.2 Å². The molecular weight excluding hydrogens is 188 g/mol. The zero-order valence-corrected chi connectivity index (χ0v) is 10.0. The first-order valence-electron chi connectivity index (χ1n) is 6.35. The molecule has 1 N–H and O–H groups in total. The summed E-state index contributed by atoms with van der Waals surface area (Å²) in [5, 5.41) is 3.49. The van der Waals surface area contributed by atoms with E-state index in [0.717, 1.165) is 44.1 Å². The summed E-state index contributed by atoms with van der Waals surface area (Å²) in [6, 6.07) is 0.746. The lowest BCUT2D eigenvalue weighted by atomic mass is 9.95. The van der Waals surface area contributed by atoms with Gasteiger partial charge in [0.05, 0.1) is 6.61 Å². The molecule has 3 unspecified atom stereocenters. The SMILES string of the molecule is CCCOCCN1CC2CNCC2C1C. The second-order valence-electron chi connectivity index (χ2n) is 4.93. The maximum Gasteiger partial charge on any atom is 0.0593 e. The van der Waals surface area contributed by atoms with Gasteiger partial charge in [-0.2, -0.15) is 0 Å². The van der Waals surface area contributed by atoms with Crippen molar-refractivity contribution in [2.45, 2.75) is 26.3 Å². The van der Waals surface area contributed by atoms with E-state index in [9.17, 15) is 0 Å². The van der Waals surface area contributed by atoms with Crippen molar-refractivity contribution in [2.75, 3.05) is 39.4 Å². The number of hydrogen-bond acceptors (Lipinski definition) is 3. The highest BCUT2D eigenvalue weighted by atomic mass is 16.5. The fourth-order valence-electron chi connectivity index (χ4n) is 2.98. The molecule has 0 aromatic rings. The van der Waals surface area contributed by atoms with Gasteiger partial charge >= 0.3 is 0 Å². The molecule has 0 bridgehead atoms. The quantitative estimate of drug-likeness (QED) is 0.687. The molecule has 0 amide bonds. The van der Waals surface area contributed by atoms with Gasteiger partial charge in [-0.3, -0.25) is 4.90 Å². The van der Waals surface area contributed by atoms with Crippen molar-refractivity contribution >= 4 is 0 Å². The van der Waals surface area contributed by atoms with Crippen LogP contribution in [0.3, 0.4) is 0 Å². The van der Waals surface area contributed by atoms with Crippen molar-refractivity contribution in [2.24, 2.45) is 11.8 Å². The molecule has 2 aliphatic heterocycles. The first-order chi connectivity index (χ1) is 7.33. The molecule has 0 aromatic carbocycles. The first-order valence-corrected chi connectivity index (χ1v) is 6.35. The normalized spacial score (nSPS) is 36.0. The minimum atomic E-state index is 0.746. The third-order valence-electron chi connectivity index (χ3n) is 3.93. The molecule has 0 aliphatic carbocycles. The summed E-state index contributed by atoms with van der Waals surface area (Å²) in [6.07, 6.45) is 1.13. The Kier molecular flexibility index (Phi) is 4.00. The van der Waals surface area contributed by atoms with Gasteiger partial charge in [0.1, 0.15) is 0 Å². The van der Waals surface area contributed by atoms with Gasteiger partial charge < -0.3 is 10.1 Å². The van der Waals surface area contributed by atoms with Gasteiger partial charge in [-0.15, -0.1) is 0 Å². The Balaban J connectivity index is 1.70. The van der Waals surface area contributed by atoms with Crippen molar-refractivity contribution in [1.29, 1.82) is 0 Å². The molecule has 3 atom stereocenters. The van der Waals surface area contributed by atoms with E-state index >= 15 is 0 Å². The summed E-state index contributed by atoms with van der Waals surface area (Å²) in [5.41, 5.74) is 0. The first kappa shape index (κ1) is 11.4. The Labute approximate surface area is 93.2 Å². The Bertz CT molecular complexity index is 198. The number of nitrogens with one attached hydrogen (secondary N) is 1. The lowest BCUT2D eigenvalue weighted by molar-refractivity contribution is 0.0979. The molecule has 2 rings (SSSR count). The summed E-state index contributed by atoms with van der Waals surface area (Å²) in [5.74, 6) is 1.78. The summed E-state index contributed by atoms with van der Waals surface area (Å²) in [6.45, 7) is 11.2. The number of fused-ring (bicyclic) bond motifs is 1. The molecule has 2 saturated heterocycles. The summed E-state index contributed by atoms with van der Waals surface area (Å²) in [4.78, 5) is 2.60. The van der Waals surface area contributed by atoms with Crippen LogP contribution in [-0.4, -0.2) is 50.3 Å². The van der Waals surface area contributed by atoms with E-state index in [0.29, 0.717) is 0 Å². The maximum absolute atomic E-state index is 5.56. The second kappa shape index (κ2) is 5.28. The molecule has 0 aromatic heterocycles. The number of ether oxygens (including phenoxy) is 1. The van der Waals surface area contributed by atoms with E-state index in [1.807, 2.05) is 0 Å². The zero-order valence-electron chi connectivity index (χ0n) is 10.0. The lowest BCUT2D eigenvalue weighted by Crippen LogP contribution is -2.35. The highest BCUT2D eigenvalue weighted by Crippen LogP contribution is 2.31. The van der Waals surface area contributed by atoms with Crippen LogP contribution in [0.2, 0.25) is 0 Å². The van der Waals surface area contributed by atoms with Crippen LogP contribution in [0, 0.1) is 11.8 Å². The largest absolute Gasteiger partial charge is 0.380 e. The standard InChI is InChI=1S/C12H24N2O/c1-3-5-15-6-4-14-9-11-7-13-8-12(11)10(14)2/h10-13H,3-9H2,1-2H3. The molecule has 2 fully saturated rings. The highest BCUT2D eigenvalue weighted by molar-refractivity contribution is 4.96. The van der Waals surface area contributed by atoms with Crippen molar-refractivity contribution in [3.05, 3.63) is 0 Å².